The van der Waals surface area contributed by atoms with E-state index in [-0.39, 0.29) is 0 Å². The van der Waals surface area contributed by atoms with Crippen LogP contribution in [0.3, 0.4) is 0 Å². The molecule has 0 aromatic carbocycles. The molecule has 0 saturated heterocycles. The molecule has 0 radical (unpaired) electrons. The average Bonchev–Trinajstić information content (AvgIpc) is 2.88. The van der Waals surface area contributed by atoms with Crippen LogP contribution >= 0.6 is 15.9 Å². The number of hydrogen-bond donors (Lipinski definition) is 0. The molecule has 0 aromatic heterocycles. The smallest absolute Gasteiger partial charge is 0.00313 e. The summed E-state index contributed by atoms with van der Waals surface area (Å²) in [7, 11) is 0. The molecular formula is C15H27Br. The van der Waals surface area contributed by atoms with E-state index in [1.807, 2.05) is 0 Å². The minimum atomic E-state index is 0.848. The van der Waals surface area contributed by atoms with Crippen molar-refractivity contribution in [3.63, 3.8) is 0 Å². The summed E-state index contributed by atoms with van der Waals surface area (Å²) in [5, 5.41) is 1.19. The van der Waals surface area contributed by atoms with Crippen molar-refractivity contribution in [1.29, 1.82) is 0 Å². The van der Waals surface area contributed by atoms with Gasteiger partial charge in [-0.25, -0.2) is 0 Å². The van der Waals surface area contributed by atoms with E-state index in [0.717, 1.165) is 11.3 Å². The van der Waals surface area contributed by atoms with Gasteiger partial charge < -0.3 is 0 Å². The quantitative estimate of drug-likeness (QED) is 0.397. The largest absolute Gasteiger partial charge is 0.0928 e. The van der Waals surface area contributed by atoms with Gasteiger partial charge in [-0.3, -0.25) is 0 Å². The monoisotopic (exact) mass is 286 g/mol. The third-order valence-corrected chi connectivity index (χ3v) is 5.54. The first-order valence-electron chi connectivity index (χ1n) is 7.41. The van der Waals surface area contributed by atoms with Crippen LogP contribution < -0.4 is 0 Å². The summed E-state index contributed by atoms with van der Waals surface area (Å²) in [4.78, 5) is 0. The fourth-order valence-electron chi connectivity index (χ4n) is 3.96. The number of hydrogen-bond acceptors (Lipinski definition) is 0. The highest BCUT2D eigenvalue weighted by Gasteiger charge is 2.43. The minimum Gasteiger partial charge on any atom is -0.0928 e. The molecule has 2 rings (SSSR count). The molecule has 94 valence electrons. The fourth-order valence-corrected chi connectivity index (χ4v) is 4.36. The topological polar surface area (TPSA) is 0 Å². The summed E-state index contributed by atoms with van der Waals surface area (Å²) in [5.74, 6) is 1.14. The SMILES string of the molecule is BrCCCCCCCCC12CCC(CC1)C2. The number of rotatable bonds is 8. The molecular weight excluding hydrogens is 260 g/mol. The molecule has 2 bridgehead atoms. The Morgan fingerprint density at radius 1 is 0.875 bits per heavy atom. The highest BCUT2D eigenvalue weighted by Crippen LogP contribution is 2.56. The van der Waals surface area contributed by atoms with Crippen LogP contribution in [0.25, 0.3) is 0 Å². The van der Waals surface area contributed by atoms with E-state index < -0.39 is 0 Å². The van der Waals surface area contributed by atoms with Crippen LogP contribution in [0.5, 0.6) is 0 Å². The highest BCUT2D eigenvalue weighted by molar-refractivity contribution is 9.09. The maximum Gasteiger partial charge on any atom is 0.00313 e. The number of alkyl halides is 1. The van der Waals surface area contributed by atoms with Crippen molar-refractivity contribution in [1.82, 2.24) is 0 Å². The van der Waals surface area contributed by atoms with Gasteiger partial charge in [-0.05, 0) is 56.3 Å². The molecule has 0 nitrogen and oxygen atoms in total. The zero-order valence-electron chi connectivity index (χ0n) is 10.6. The van der Waals surface area contributed by atoms with Gasteiger partial charge in [0.25, 0.3) is 0 Å². The van der Waals surface area contributed by atoms with Gasteiger partial charge in [-0.2, -0.15) is 0 Å². The fraction of sp³-hybridized carbons (Fsp3) is 1.00. The first-order chi connectivity index (χ1) is 7.85. The van der Waals surface area contributed by atoms with Crippen molar-refractivity contribution in [2.24, 2.45) is 11.3 Å². The molecule has 0 heterocycles. The standard InChI is InChI=1S/C15H27Br/c16-12-6-4-2-1-3-5-9-15-10-7-14(13-15)8-11-15/h14H,1-13H2. The second kappa shape index (κ2) is 6.42. The van der Waals surface area contributed by atoms with Crippen LogP contribution in [0.1, 0.15) is 77.0 Å². The molecule has 0 aromatic rings. The van der Waals surface area contributed by atoms with Gasteiger partial charge in [0, 0.05) is 5.33 Å². The van der Waals surface area contributed by atoms with Crippen LogP contribution in [0.15, 0.2) is 0 Å². The molecule has 2 fully saturated rings. The lowest BCUT2D eigenvalue weighted by atomic mass is 9.79. The Kier molecular flexibility index (Phi) is 5.19. The van der Waals surface area contributed by atoms with Crippen LogP contribution in [0.2, 0.25) is 0 Å². The second-order valence-electron chi connectivity index (χ2n) is 6.21. The normalized spacial score (nSPS) is 32.4. The first kappa shape index (κ1) is 12.9. The van der Waals surface area contributed by atoms with Crippen molar-refractivity contribution in [2.45, 2.75) is 77.0 Å². The van der Waals surface area contributed by atoms with Crippen molar-refractivity contribution >= 4 is 15.9 Å². The lowest BCUT2D eigenvalue weighted by Gasteiger charge is -2.26. The molecule has 16 heavy (non-hydrogen) atoms. The van der Waals surface area contributed by atoms with Gasteiger partial charge in [0.05, 0.1) is 0 Å². The zero-order chi connectivity index (χ0) is 11.3. The van der Waals surface area contributed by atoms with Crippen LogP contribution in [-0.2, 0) is 0 Å². The van der Waals surface area contributed by atoms with Crippen LogP contribution in [0.4, 0.5) is 0 Å². The van der Waals surface area contributed by atoms with E-state index in [0.29, 0.717) is 0 Å². The molecule has 0 aliphatic heterocycles. The molecule has 1 heteroatoms. The average molecular weight is 287 g/mol. The van der Waals surface area contributed by atoms with Gasteiger partial charge in [0.15, 0.2) is 0 Å². The van der Waals surface area contributed by atoms with E-state index in [9.17, 15) is 0 Å². The molecule has 0 unspecified atom stereocenters. The number of fused-ring (bicyclic) bond motifs is 2. The van der Waals surface area contributed by atoms with Gasteiger partial charge in [0.2, 0.25) is 0 Å². The van der Waals surface area contributed by atoms with E-state index in [4.69, 9.17) is 0 Å². The lowest BCUT2D eigenvalue weighted by Crippen LogP contribution is -2.13. The summed E-state index contributed by atoms with van der Waals surface area (Å²) in [6.07, 6.45) is 18.2. The Balaban J connectivity index is 1.48. The Labute approximate surface area is 110 Å². The summed E-state index contributed by atoms with van der Waals surface area (Å²) in [6.45, 7) is 0. The van der Waals surface area contributed by atoms with E-state index in [1.54, 1.807) is 38.5 Å². The zero-order valence-corrected chi connectivity index (χ0v) is 12.2. The van der Waals surface area contributed by atoms with E-state index in [2.05, 4.69) is 15.9 Å². The molecule has 2 aliphatic carbocycles. The molecule has 0 amide bonds. The van der Waals surface area contributed by atoms with Gasteiger partial charge in [-0.15, -0.1) is 0 Å². The number of halogens is 1. The van der Waals surface area contributed by atoms with E-state index >= 15 is 0 Å². The maximum atomic E-state index is 3.50. The van der Waals surface area contributed by atoms with Crippen molar-refractivity contribution < 1.29 is 0 Å². The summed E-state index contributed by atoms with van der Waals surface area (Å²) < 4.78 is 0. The Bertz CT molecular complexity index is 192. The van der Waals surface area contributed by atoms with Crippen LogP contribution in [0, 0.1) is 11.3 Å². The second-order valence-corrected chi connectivity index (χ2v) is 7.00. The predicted molar refractivity (Wildman–Crippen MR) is 75.1 cm³/mol. The van der Waals surface area contributed by atoms with Gasteiger partial charge >= 0.3 is 0 Å². The number of unbranched alkanes of at least 4 members (excludes halogenated alkanes) is 5. The molecule has 0 spiro atoms. The van der Waals surface area contributed by atoms with Crippen molar-refractivity contribution in [3.05, 3.63) is 0 Å². The van der Waals surface area contributed by atoms with Crippen molar-refractivity contribution in [2.75, 3.05) is 5.33 Å². The Hall–Kier alpha value is 0.480. The Morgan fingerprint density at radius 2 is 1.50 bits per heavy atom. The molecule has 0 N–H and O–H groups in total. The molecule has 2 saturated carbocycles. The lowest BCUT2D eigenvalue weighted by molar-refractivity contribution is 0.260. The first-order valence-corrected chi connectivity index (χ1v) is 8.53. The maximum absolute atomic E-state index is 3.50. The van der Waals surface area contributed by atoms with Crippen LogP contribution in [-0.4, -0.2) is 5.33 Å². The van der Waals surface area contributed by atoms with Gasteiger partial charge in [-0.1, -0.05) is 48.0 Å². The third kappa shape index (κ3) is 3.48. The molecule has 0 atom stereocenters. The highest BCUT2D eigenvalue weighted by atomic mass is 79.9. The predicted octanol–water partition coefficient (Wildman–Crippen LogP) is 5.69. The Morgan fingerprint density at radius 3 is 2.06 bits per heavy atom. The third-order valence-electron chi connectivity index (χ3n) is 4.98. The molecule has 2 aliphatic rings. The minimum absolute atomic E-state index is 0.848. The van der Waals surface area contributed by atoms with Crippen molar-refractivity contribution in [3.8, 4) is 0 Å². The summed E-state index contributed by atoms with van der Waals surface area (Å²) >= 11 is 3.50. The summed E-state index contributed by atoms with van der Waals surface area (Å²) in [6, 6.07) is 0. The van der Waals surface area contributed by atoms with E-state index in [1.165, 1.54) is 43.9 Å². The van der Waals surface area contributed by atoms with Gasteiger partial charge in [0.1, 0.15) is 0 Å². The summed E-state index contributed by atoms with van der Waals surface area (Å²) in [5.41, 5.74) is 0.848.